The SMILES string of the molecule is Cc1c(C(=O)O)cnn1Cc1nc(C(C)C)no1. The number of aromatic nitrogens is 4. The van der Waals surface area contributed by atoms with E-state index in [1.54, 1.807) is 6.92 Å². The summed E-state index contributed by atoms with van der Waals surface area (Å²) in [6.45, 7) is 5.90. The molecule has 0 saturated heterocycles. The van der Waals surface area contributed by atoms with E-state index in [1.807, 2.05) is 13.8 Å². The first-order valence-corrected chi connectivity index (χ1v) is 5.57. The molecule has 0 radical (unpaired) electrons. The molecule has 2 aromatic rings. The molecule has 7 nitrogen and oxygen atoms in total. The van der Waals surface area contributed by atoms with Crippen LogP contribution in [0, 0.1) is 6.92 Å². The Balaban J connectivity index is 2.20. The standard InChI is InChI=1S/C11H14N4O3/c1-6(2)10-13-9(18-14-10)5-15-7(3)8(4-12-15)11(16)17/h4,6H,5H2,1-3H3,(H,16,17). The average Bonchev–Trinajstić information content (AvgIpc) is 2.87. The van der Waals surface area contributed by atoms with Gasteiger partial charge in [0.15, 0.2) is 5.82 Å². The van der Waals surface area contributed by atoms with Gasteiger partial charge in [-0.05, 0) is 6.92 Å². The van der Waals surface area contributed by atoms with Gasteiger partial charge in [-0.3, -0.25) is 4.68 Å². The van der Waals surface area contributed by atoms with Crippen molar-refractivity contribution in [3.05, 3.63) is 29.2 Å². The molecule has 7 heteroatoms. The van der Waals surface area contributed by atoms with Crippen LogP contribution < -0.4 is 0 Å². The van der Waals surface area contributed by atoms with E-state index in [0.29, 0.717) is 17.4 Å². The number of carbonyl (C=O) groups is 1. The summed E-state index contributed by atoms with van der Waals surface area (Å²) in [6.07, 6.45) is 1.32. The summed E-state index contributed by atoms with van der Waals surface area (Å²) in [6, 6.07) is 0. The lowest BCUT2D eigenvalue weighted by atomic mass is 10.2. The minimum atomic E-state index is -0.993. The zero-order valence-corrected chi connectivity index (χ0v) is 10.4. The van der Waals surface area contributed by atoms with Gasteiger partial charge in [0.05, 0.1) is 11.9 Å². The van der Waals surface area contributed by atoms with Crippen LogP contribution in [0.1, 0.15) is 47.5 Å². The molecule has 2 rings (SSSR count). The molecule has 0 unspecified atom stereocenters. The molecule has 0 aliphatic rings. The van der Waals surface area contributed by atoms with Gasteiger partial charge in [0.1, 0.15) is 12.1 Å². The molecule has 0 bridgehead atoms. The number of carboxylic acid groups (broad SMARTS) is 1. The lowest BCUT2D eigenvalue weighted by Gasteiger charge is -2.00. The Kier molecular flexibility index (Phi) is 3.14. The van der Waals surface area contributed by atoms with E-state index in [1.165, 1.54) is 10.9 Å². The molecule has 96 valence electrons. The smallest absolute Gasteiger partial charge is 0.339 e. The van der Waals surface area contributed by atoms with Gasteiger partial charge in [0, 0.05) is 5.92 Å². The molecule has 0 atom stereocenters. The maximum absolute atomic E-state index is 10.9. The van der Waals surface area contributed by atoms with Crippen molar-refractivity contribution in [2.45, 2.75) is 33.2 Å². The van der Waals surface area contributed by atoms with E-state index < -0.39 is 5.97 Å². The number of nitrogens with zero attached hydrogens (tertiary/aromatic N) is 4. The van der Waals surface area contributed by atoms with E-state index in [9.17, 15) is 4.79 Å². The Hall–Kier alpha value is -2.18. The Bertz CT molecular complexity index is 571. The van der Waals surface area contributed by atoms with Gasteiger partial charge < -0.3 is 9.63 Å². The van der Waals surface area contributed by atoms with E-state index in [-0.39, 0.29) is 18.0 Å². The van der Waals surface area contributed by atoms with Crippen LogP contribution in [0.15, 0.2) is 10.7 Å². The number of hydrogen-bond donors (Lipinski definition) is 1. The highest BCUT2D eigenvalue weighted by molar-refractivity contribution is 5.88. The van der Waals surface area contributed by atoms with Crippen molar-refractivity contribution in [3.63, 3.8) is 0 Å². The molecule has 2 aromatic heterocycles. The molecule has 0 aliphatic heterocycles. The van der Waals surface area contributed by atoms with Crippen LogP contribution in [0.2, 0.25) is 0 Å². The Morgan fingerprint density at radius 1 is 1.56 bits per heavy atom. The molecule has 0 aliphatic carbocycles. The van der Waals surface area contributed by atoms with Gasteiger partial charge in [-0.15, -0.1) is 0 Å². The first-order chi connectivity index (χ1) is 8.49. The van der Waals surface area contributed by atoms with Crippen LogP contribution in [0.3, 0.4) is 0 Å². The summed E-state index contributed by atoms with van der Waals surface area (Å²) in [4.78, 5) is 15.1. The third-order valence-electron chi connectivity index (χ3n) is 2.62. The Morgan fingerprint density at radius 2 is 2.28 bits per heavy atom. The highest BCUT2D eigenvalue weighted by Crippen LogP contribution is 2.12. The second-order valence-corrected chi connectivity index (χ2v) is 4.31. The lowest BCUT2D eigenvalue weighted by molar-refractivity contribution is 0.0696. The van der Waals surface area contributed by atoms with Crippen molar-refractivity contribution in [2.24, 2.45) is 0 Å². The summed E-state index contributed by atoms with van der Waals surface area (Å²) in [5, 5.41) is 16.8. The van der Waals surface area contributed by atoms with E-state index in [0.717, 1.165) is 0 Å². The number of aromatic carboxylic acids is 1. The van der Waals surface area contributed by atoms with Crippen molar-refractivity contribution < 1.29 is 14.4 Å². The summed E-state index contributed by atoms with van der Waals surface area (Å²) in [5.41, 5.74) is 0.741. The van der Waals surface area contributed by atoms with E-state index in [2.05, 4.69) is 15.2 Å². The monoisotopic (exact) mass is 250 g/mol. The first-order valence-electron chi connectivity index (χ1n) is 5.57. The van der Waals surface area contributed by atoms with Crippen molar-refractivity contribution in [1.29, 1.82) is 0 Å². The molecule has 18 heavy (non-hydrogen) atoms. The third-order valence-corrected chi connectivity index (χ3v) is 2.62. The van der Waals surface area contributed by atoms with Crippen LogP contribution in [-0.4, -0.2) is 31.0 Å². The molecule has 0 amide bonds. The number of hydrogen-bond acceptors (Lipinski definition) is 5. The maximum atomic E-state index is 10.9. The zero-order valence-electron chi connectivity index (χ0n) is 10.4. The first kappa shape index (κ1) is 12.3. The molecule has 0 saturated carbocycles. The van der Waals surface area contributed by atoms with Crippen molar-refractivity contribution in [1.82, 2.24) is 19.9 Å². The van der Waals surface area contributed by atoms with Gasteiger partial charge in [-0.1, -0.05) is 19.0 Å². The molecule has 0 aromatic carbocycles. The normalized spacial score (nSPS) is 11.1. The maximum Gasteiger partial charge on any atom is 0.339 e. The summed E-state index contributed by atoms with van der Waals surface area (Å²) >= 11 is 0. The molecule has 2 heterocycles. The predicted molar refractivity (Wildman–Crippen MR) is 61.4 cm³/mol. The number of carboxylic acids is 1. The van der Waals surface area contributed by atoms with Gasteiger partial charge in [-0.2, -0.15) is 10.1 Å². The average molecular weight is 250 g/mol. The largest absolute Gasteiger partial charge is 0.478 e. The Morgan fingerprint density at radius 3 is 2.78 bits per heavy atom. The minimum absolute atomic E-state index is 0.179. The van der Waals surface area contributed by atoms with Crippen LogP contribution in [0.25, 0.3) is 0 Å². The van der Waals surface area contributed by atoms with E-state index >= 15 is 0 Å². The quantitative estimate of drug-likeness (QED) is 0.882. The second-order valence-electron chi connectivity index (χ2n) is 4.31. The fourth-order valence-corrected chi connectivity index (χ4v) is 1.51. The summed E-state index contributed by atoms with van der Waals surface area (Å²) < 4.78 is 6.61. The van der Waals surface area contributed by atoms with Crippen molar-refractivity contribution >= 4 is 5.97 Å². The highest BCUT2D eigenvalue weighted by Gasteiger charge is 2.15. The minimum Gasteiger partial charge on any atom is -0.478 e. The van der Waals surface area contributed by atoms with Gasteiger partial charge >= 0.3 is 5.97 Å². The van der Waals surface area contributed by atoms with Crippen LogP contribution >= 0.6 is 0 Å². The summed E-state index contributed by atoms with van der Waals surface area (Å²) in [7, 11) is 0. The second kappa shape index (κ2) is 4.59. The van der Waals surface area contributed by atoms with Gasteiger partial charge in [0.2, 0.25) is 5.89 Å². The van der Waals surface area contributed by atoms with Crippen LogP contribution in [-0.2, 0) is 6.54 Å². The lowest BCUT2D eigenvalue weighted by Crippen LogP contribution is -2.06. The summed E-state index contributed by atoms with van der Waals surface area (Å²) in [5.74, 6) is 0.248. The fraction of sp³-hybridized carbons (Fsp3) is 0.455. The van der Waals surface area contributed by atoms with Gasteiger partial charge in [0.25, 0.3) is 0 Å². The zero-order chi connectivity index (χ0) is 13.3. The highest BCUT2D eigenvalue weighted by atomic mass is 16.5. The molecular weight excluding hydrogens is 236 g/mol. The topological polar surface area (TPSA) is 94.0 Å². The van der Waals surface area contributed by atoms with Gasteiger partial charge in [-0.25, -0.2) is 4.79 Å². The van der Waals surface area contributed by atoms with Crippen molar-refractivity contribution in [2.75, 3.05) is 0 Å². The molecule has 1 N–H and O–H groups in total. The predicted octanol–water partition coefficient (Wildman–Crippen LogP) is 1.44. The van der Waals surface area contributed by atoms with Crippen LogP contribution in [0.5, 0.6) is 0 Å². The third kappa shape index (κ3) is 2.24. The fourth-order valence-electron chi connectivity index (χ4n) is 1.51. The van der Waals surface area contributed by atoms with Crippen LogP contribution in [0.4, 0.5) is 0 Å². The number of rotatable bonds is 4. The van der Waals surface area contributed by atoms with E-state index in [4.69, 9.17) is 9.63 Å². The molecule has 0 spiro atoms. The molecular formula is C11H14N4O3. The van der Waals surface area contributed by atoms with Crippen molar-refractivity contribution in [3.8, 4) is 0 Å². The Labute approximate surface area is 103 Å². The molecule has 0 fully saturated rings.